The number of amides is 1. The molecule has 0 unspecified atom stereocenters. The molecule has 2 aliphatic rings. The summed E-state index contributed by atoms with van der Waals surface area (Å²) in [5.41, 5.74) is 3.30. The standard InChI is InChI=1S/C24H26N4OS/c29-24(21-16-20-17-25-22-9-4-10-23(30-21)28(20)22)26-19-11-14-27(15-12-19)13-5-8-18-6-2-1-3-7-18/h1-4,6-7,9-10,16-17,19H,5,8,11-15H2,(H,26,29). The number of piperidine rings is 1. The number of benzene rings is 1. The second-order valence-electron chi connectivity index (χ2n) is 8.03. The molecule has 5 rings (SSSR count). The molecule has 1 N–H and O–H groups in total. The molecular weight excluding hydrogens is 392 g/mol. The lowest BCUT2D eigenvalue weighted by molar-refractivity contribution is -0.117. The summed E-state index contributed by atoms with van der Waals surface area (Å²) in [6.07, 6.45) is 8.13. The number of pyridine rings is 1. The van der Waals surface area contributed by atoms with Gasteiger partial charge in [0.15, 0.2) is 0 Å². The molecule has 0 radical (unpaired) electrons. The Morgan fingerprint density at radius 1 is 1.10 bits per heavy atom. The van der Waals surface area contributed by atoms with Gasteiger partial charge in [0.2, 0.25) is 0 Å². The summed E-state index contributed by atoms with van der Waals surface area (Å²) < 4.78 is 2.09. The number of nitrogens with zero attached hydrogens (tertiary/aromatic N) is 3. The third-order valence-electron chi connectivity index (χ3n) is 5.94. The molecule has 4 heterocycles. The van der Waals surface area contributed by atoms with E-state index >= 15 is 0 Å². The molecule has 154 valence electrons. The molecule has 30 heavy (non-hydrogen) atoms. The maximum atomic E-state index is 12.9. The van der Waals surface area contributed by atoms with Crippen molar-refractivity contribution in [1.82, 2.24) is 19.6 Å². The van der Waals surface area contributed by atoms with Crippen LogP contribution in [-0.4, -0.2) is 45.9 Å². The number of carbonyl (C=O) groups excluding carboxylic acids is 1. The van der Waals surface area contributed by atoms with Crippen LogP contribution < -0.4 is 5.32 Å². The number of hydrogen-bond donors (Lipinski definition) is 1. The maximum absolute atomic E-state index is 12.9. The van der Waals surface area contributed by atoms with Crippen LogP contribution in [0.3, 0.4) is 0 Å². The van der Waals surface area contributed by atoms with Crippen LogP contribution in [-0.2, 0) is 11.2 Å². The van der Waals surface area contributed by atoms with Gasteiger partial charge in [-0.15, -0.1) is 0 Å². The van der Waals surface area contributed by atoms with Gasteiger partial charge in [-0.25, -0.2) is 4.98 Å². The van der Waals surface area contributed by atoms with Crippen LogP contribution in [0, 0.1) is 0 Å². The van der Waals surface area contributed by atoms with Crippen molar-refractivity contribution in [2.45, 2.75) is 36.8 Å². The van der Waals surface area contributed by atoms with Crippen LogP contribution in [0.4, 0.5) is 0 Å². The van der Waals surface area contributed by atoms with Gasteiger partial charge in [0, 0.05) is 19.1 Å². The third-order valence-corrected chi connectivity index (χ3v) is 6.99. The van der Waals surface area contributed by atoms with Crippen molar-refractivity contribution in [2.24, 2.45) is 0 Å². The van der Waals surface area contributed by atoms with Crippen LogP contribution in [0.25, 0.3) is 11.7 Å². The molecule has 0 spiro atoms. The molecule has 2 aromatic heterocycles. The first-order valence-corrected chi connectivity index (χ1v) is 11.5. The van der Waals surface area contributed by atoms with E-state index in [-0.39, 0.29) is 11.9 Å². The Hall–Kier alpha value is -2.57. The summed E-state index contributed by atoms with van der Waals surface area (Å²) >= 11 is 1.52. The fraction of sp³-hybridized carbons (Fsp3) is 0.333. The van der Waals surface area contributed by atoms with Crippen molar-refractivity contribution < 1.29 is 4.79 Å². The van der Waals surface area contributed by atoms with Crippen LogP contribution in [0.5, 0.6) is 0 Å². The molecule has 1 aromatic carbocycles. The van der Waals surface area contributed by atoms with Gasteiger partial charge in [0.05, 0.1) is 21.8 Å². The largest absolute Gasteiger partial charge is 0.349 e. The third kappa shape index (κ3) is 4.16. The van der Waals surface area contributed by atoms with E-state index in [1.54, 1.807) is 0 Å². The summed E-state index contributed by atoms with van der Waals surface area (Å²) in [5.74, 6) is 0.0342. The van der Waals surface area contributed by atoms with Gasteiger partial charge in [0.25, 0.3) is 5.91 Å². The number of aromatic nitrogens is 2. The fourth-order valence-electron chi connectivity index (χ4n) is 4.31. The maximum Gasteiger partial charge on any atom is 0.258 e. The zero-order valence-corrected chi connectivity index (χ0v) is 17.8. The van der Waals surface area contributed by atoms with E-state index in [1.165, 1.54) is 23.7 Å². The predicted octanol–water partition coefficient (Wildman–Crippen LogP) is 3.99. The summed E-state index contributed by atoms with van der Waals surface area (Å²) in [5, 5.41) is 4.30. The van der Waals surface area contributed by atoms with Crippen molar-refractivity contribution in [3.8, 4) is 0 Å². The average molecular weight is 419 g/mol. The number of likely N-dealkylation sites (tertiary alicyclic amines) is 1. The molecule has 3 aromatic rings. The molecule has 2 aliphatic heterocycles. The zero-order valence-electron chi connectivity index (χ0n) is 17.0. The molecule has 0 aliphatic carbocycles. The first-order chi connectivity index (χ1) is 14.8. The minimum atomic E-state index is 0.0342. The number of aryl methyl sites for hydroxylation is 1. The quantitative estimate of drug-likeness (QED) is 0.658. The lowest BCUT2D eigenvalue weighted by atomic mass is 10.0. The normalized spacial score (nSPS) is 17.1. The van der Waals surface area contributed by atoms with Crippen LogP contribution in [0.2, 0.25) is 0 Å². The molecule has 0 bridgehead atoms. The van der Waals surface area contributed by atoms with E-state index in [4.69, 9.17) is 0 Å². The monoisotopic (exact) mass is 418 g/mol. The van der Waals surface area contributed by atoms with E-state index in [0.717, 1.165) is 60.2 Å². The highest BCUT2D eigenvalue weighted by Crippen LogP contribution is 2.34. The summed E-state index contributed by atoms with van der Waals surface area (Å²) in [6, 6.07) is 17.0. The predicted molar refractivity (Wildman–Crippen MR) is 121 cm³/mol. The number of hydrogen-bond acceptors (Lipinski definition) is 4. The highest BCUT2D eigenvalue weighted by molar-refractivity contribution is 8.04. The fourth-order valence-corrected chi connectivity index (χ4v) is 5.30. The van der Waals surface area contributed by atoms with Gasteiger partial charge in [0.1, 0.15) is 5.65 Å². The van der Waals surface area contributed by atoms with Crippen molar-refractivity contribution in [1.29, 1.82) is 0 Å². The van der Waals surface area contributed by atoms with E-state index in [2.05, 4.69) is 49.9 Å². The van der Waals surface area contributed by atoms with Gasteiger partial charge >= 0.3 is 0 Å². The lowest BCUT2D eigenvalue weighted by Crippen LogP contribution is -2.45. The SMILES string of the molecule is O=C(NC1CCN(CCCc2ccccc2)CC1)C1=Cc2cnc3cccc(n23)S1. The van der Waals surface area contributed by atoms with Crippen LogP contribution in [0.15, 0.2) is 64.7 Å². The van der Waals surface area contributed by atoms with Crippen LogP contribution in [0.1, 0.15) is 30.5 Å². The zero-order chi connectivity index (χ0) is 20.3. The van der Waals surface area contributed by atoms with Gasteiger partial charge in [-0.3, -0.25) is 9.20 Å². The average Bonchev–Trinajstić information content (AvgIpc) is 3.20. The van der Waals surface area contributed by atoms with E-state index in [0.29, 0.717) is 0 Å². The first-order valence-electron chi connectivity index (χ1n) is 10.7. The summed E-state index contributed by atoms with van der Waals surface area (Å²) in [4.78, 5) is 20.6. The molecule has 1 fully saturated rings. The van der Waals surface area contributed by atoms with Gasteiger partial charge in [-0.05, 0) is 56.0 Å². The van der Waals surface area contributed by atoms with Gasteiger partial charge in [-0.2, -0.15) is 0 Å². The highest BCUT2D eigenvalue weighted by atomic mass is 32.2. The topological polar surface area (TPSA) is 49.6 Å². The van der Waals surface area contributed by atoms with Crippen LogP contribution >= 0.6 is 11.8 Å². The summed E-state index contributed by atoms with van der Waals surface area (Å²) in [7, 11) is 0. The molecule has 1 amide bonds. The van der Waals surface area contributed by atoms with Gasteiger partial charge < -0.3 is 10.2 Å². The second-order valence-corrected chi connectivity index (χ2v) is 9.09. The Morgan fingerprint density at radius 3 is 2.77 bits per heavy atom. The van der Waals surface area contributed by atoms with Gasteiger partial charge in [-0.1, -0.05) is 48.2 Å². The Labute approximate surface area is 181 Å². The number of thioether (sulfide) groups is 1. The number of rotatable bonds is 6. The Bertz CT molecular complexity index is 1070. The number of carbonyl (C=O) groups is 1. The Balaban J connectivity index is 1.11. The van der Waals surface area contributed by atoms with Crippen molar-refractivity contribution >= 4 is 29.4 Å². The minimum absolute atomic E-state index is 0.0342. The molecule has 0 atom stereocenters. The highest BCUT2D eigenvalue weighted by Gasteiger charge is 2.24. The molecular formula is C24H26N4OS. The van der Waals surface area contributed by atoms with Crippen molar-refractivity contribution in [3.05, 3.63) is 70.9 Å². The van der Waals surface area contributed by atoms with Crippen molar-refractivity contribution in [3.63, 3.8) is 0 Å². The van der Waals surface area contributed by atoms with E-state index in [9.17, 15) is 4.79 Å². The van der Waals surface area contributed by atoms with E-state index < -0.39 is 0 Å². The molecule has 0 saturated carbocycles. The molecule has 1 saturated heterocycles. The Kier molecular flexibility index (Phi) is 5.60. The smallest absolute Gasteiger partial charge is 0.258 e. The first kappa shape index (κ1) is 19.4. The molecule has 6 heteroatoms. The van der Waals surface area contributed by atoms with E-state index in [1.807, 2.05) is 30.5 Å². The Morgan fingerprint density at radius 2 is 1.93 bits per heavy atom. The number of imidazole rings is 1. The minimum Gasteiger partial charge on any atom is -0.349 e. The molecule has 5 nitrogen and oxygen atoms in total. The summed E-state index contributed by atoms with van der Waals surface area (Å²) in [6.45, 7) is 3.24. The second kappa shape index (κ2) is 8.66. The van der Waals surface area contributed by atoms with Crippen molar-refractivity contribution in [2.75, 3.05) is 19.6 Å². The lowest BCUT2D eigenvalue weighted by Gasteiger charge is -2.32. The number of nitrogens with one attached hydrogen (secondary N) is 1.